The van der Waals surface area contributed by atoms with Gasteiger partial charge in [0.25, 0.3) is 15.9 Å². The predicted octanol–water partition coefficient (Wildman–Crippen LogP) is 5.68. The van der Waals surface area contributed by atoms with Crippen molar-refractivity contribution in [2.75, 3.05) is 10.0 Å². The van der Waals surface area contributed by atoms with Crippen molar-refractivity contribution in [2.24, 2.45) is 0 Å². The number of carbonyl (C=O) groups excluding carboxylic acids is 1. The predicted molar refractivity (Wildman–Crippen MR) is 117 cm³/mol. The topological polar surface area (TPSA) is 75.3 Å². The number of anilines is 2. The lowest BCUT2D eigenvalue weighted by Crippen LogP contribution is -2.19. The largest absolute Gasteiger partial charge is 0.418 e. The minimum atomic E-state index is -4.65. The van der Waals surface area contributed by atoms with Crippen LogP contribution >= 0.6 is 0 Å². The number of carbonyl (C=O) groups is 1. The summed E-state index contributed by atoms with van der Waals surface area (Å²) in [5.74, 6) is -0.857. The summed E-state index contributed by atoms with van der Waals surface area (Å²) in [5.41, 5.74) is 1.15. The number of amides is 1. The fourth-order valence-corrected chi connectivity index (χ4v) is 4.40. The van der Waals surface area contributed by atoms with E-state index in [0.29, 0.717) is 11.3 Å². The summed E-state index contributed by atoms with van der Waals surface area (Å²) in [6.07, 6.45) is -4.65. The van der Waals surface area contributed by atoms with Crippen LogP contribution in [0, 0.1) is 20.8 Å². The summed E-state index contributed by atoms with van der Waals surface area (Å²) in [6, 6.07) is 13.6. The Balaban J connectivity index is 1.92. The summed E-state index contributed by atoms with van der Waals surface area (Å²) in [5, 5.41) is 2.22. The van der Waals surface area contributed by atoms with E-state index in [2.05, 4.69) is 10.0 Å². The third-order valence-corrected chi connectivity index (χ3v) is 6.50. The quantitative estimate of drug-likeness (QED) is 0.512. The molecule has 2 N–H and O–H groups in total. The molecule has 0 saturated heterocycles. The van der Waals surface area contributed by atoms with Gasteiger partial charge >= 0.3 is 6.18 Å². The smallest absolute Gasteiger partial charge is 0.321 e. The molecule has 0 fully saturated rings. The van der Waals surface area contributed by atoms with Crippen LogP contribution in [0.2, 0.25) is 0 Å². The molecule has 0 aliphatic rings. The van der Waals surface area contributed by atoms with Crippen molar-refractivity contribution in [3.8, 4) is 0 Å². The molecule has 0 atom stereocenters. The van der Waals surface area contributed by atoms with Gasteiger partial charge in [-0.2, -0.15) is 13.2 Å². The number of hydrogen-bond acceptors (Lipinski definition) is 3. The van der Waals surface area contributed by atoms with Gasteiger partial charge in [0.05, 0.1) is 16.1 Å². The first-order valence-corrected chi connectivity index (χ1v) is 11.0. The second-order valence-corrected chi connectivity index (χ2v) is 9.03. The molecule has 168 valence electrons. The standard InChI is InChI=1S/C23H21F3N2O3S/c1-14-9-11-18(12-16(14)3)28-32(30,31)21-13-17(10-8-15(21)2)22(29)27-20-7-5-4-6-19(20)23(24,25)26/h4-13,28H,1-3H3,(H,27,29). The molecule has 0 radical (unpaired) electrons. The summed E-state index contributed by atoms with van der Waals surface area (Å²) in [7, 11) is -4.04. The number of rotatable bonds is 5. The molecular weight excluding hydrogens is 441 g/mol. The van der Waals surface area contributed by atoms with Crippen LogP contribution in [-0.2, 0) is 16.2 Å². The molecule has 0 aliphatic heterocycles. The Labute approximate surface area is 184 Å². The van der Waals surface area contributed by atoms with Crippen molar-refractivity contribution in [2.45, 2.75) is 31.8 Å². The van der Waals surface area contributed by atoms with Crippen LogP contribution in [0.4, 0.5) is 24.5 Å². The lowest BCUT2D eigenvalue weighted by atomic mass is 10.1. The first-order valence-electron chi connectivity index (χ1n) is 9.57. The van der Waals surface area contributed by atoms with E-state index < -0.39 is 33.4 Å². The molecule has 0 aliphatic carbocycles. The van der Waals surface area contributed by atoms with Crippen molar-refractivity contribution in [3.63, 3.8) is 0 Å². The van der Waals surface area contributed by atoms with Crippen molar-refractivity contribution in [1.29, 1.82) is 0 Å². The second-order valence-electron chi connectivity index (χ2n) is 7.38. The van der Waals surface area contributed by atoms with E-state index in [1.54, 1.807) is 25.1 Å². The van der Waals surface area contributed by atoms with E-state index in [0.717, 1.165) is 29.3 Å². The molecule has 5 nitrogen and oxygen atoms in total. The number of para-hydroxylation sites is 1. The Morgan fingerprint density at radius 2 is 1.50 bits per heavy atom. The third-order valence-electron chi connectivity index (χ3n) is 4.98. The van der Waals surface area contributed by atoms with E-state index in [1.807, 2.05) is 13.8 Å². The SMILES string of the molecule is Cc1ccc(NS(=O)(=O)c2cc(C(=O)Nc3ccccc3C(F)(F)F)ccc2C)cc1C. The minimum Gasteiger partial charge on any atom is -0.321 e. The lowest BCUT2D eigenvalue weighted by molar-refractivity contribution is -0.136. The van der Waals surface area contributed by atoms with Crippen LogP contribution in [0.5, 0.6) is 0 Å². The van der Waals surface area contributed by atoms with Gasteiger partial charge in [0.15, 0.2) is 0 Å². The fourth-order valence-electron chi connectivity index (χ4n) is 3.08. The van der Waals surface area contributed by atoms with Gasteiger partial charge in [-0.25, -0.2) is 8.42 Å². The molecule has 0 saturated carbocycles. The van der Waals surface area contributed by atoms with Gasteiger partial charge in [-0.05, 0) is 73.9 Å². The highest BCUT2D eigenvalue weighted by Crippen LogP contribution is 2.34. The van der Waals surface area contributed by atoms with Crippen LogP contribution in [0.15, 0.2) is 65.6 Å². The van der Waals surface area contributed by atoms with E-state index in [4.69, 9.17) is 0 Å². The van der Waals surface area contributed by atoms with Crippen LogP contribution in [-0.4, -0.2) is 14.3 Å². The molecule has 0 unspecified atom stereocenters. The molecule has 0 heterocycles. The monoisotopic (exact) mass is 462 g/mol. The zero-order valence-corrected chi connectivity index (χ0v) is 18.4. The van der Waals surface area contributed by atoms with Crippen LogP contribution in [0.1, 0.15) is 32.6 Å². The molecule has 32 heavy (non-hydrogen) atoms. The average Bonchev–Trinajstić information content (AvgIpc) is 2.70. The summed E-state index contributed by atoms with van der Waals surface area (Å²) >= 11 is 0. The van der Waals surface area contributed by atoms with Crippen LogP contribution < -0.4 is 10.0 Å². The van der Waals surface area contributed by atoms with Gasteiger partial charge in [-0.1, -0.05) is 24.3 Å². The normalized spacial score (nSPS) is 11.8. The zero-order chi connectivity index (χ0) is 23.7. The molecule has 3 rings (SSSR count). The number of benzene rings is 3. The van der Waals surface area contributed by atoms with Crippen LogP contribution in [0.25, 0.3) is 0 Å². The number of nitrogens with one attached hydrogen (secondary N) is 2. The van der Waals surface area contributed by atoms with Crippen molar-refractivity contribution >= 4 is 27.3 Å². The van der Waals surface area contributed by atoms with Crippen molar-refractivity contribution in [3.05, 3.63) is 88.5 Å². The van der Waals surface area contributed by atoms with Gasteiger partial charge in [0, 0.05) is 11.3 Å². The number of hydrogen-bond donors (Lipinski definition) is 2. The molecule has 0 spiro atoms. The van der Waals surface area contributed by atoms with E-state index >= 15 is 0 Å². The maximum absolute atomic E-state index is 13.2. The van der Waals surface area contributed by atoms with E-state index in [9.17, 15) is 26.4 Å². The van der Waals surface area contributed by atoms with Gasteiger partial charge < -0.3 is 5.32 Å². The van der Waals surface area contributed by atoms with Gasteiger partial charge in [-0.15, -0.1) is 0 Å². The molecule has 3 aromatic carbocycles. The van der Waals surface area contributed by atoms with Crippen molar-refractivity contribution < 1.29 is 26.4 Å². The highest BCUT2D eigenvalue weighted by molar-refractivity contribution is 7.92. The highest BCUT2D eigenvalue weighted by Gasteiger charge is 2.33. The number of halogens is 3. The molecule has 0 aromatic heterocycles. The highest BCUT2D eigenvalue weighted by atomic mass is 32.2. The summed E-state index contributed by atoms with van der Waals surface area (Å²) in [4.78, 5) is 12.5. The maximum Gasteiger partial charge on any atom is 0.418 e. The maximum atomic E-state index is 13.2. The summed E-state index contributed by atoms with van der Waals surface area (Å²) in [6.45, 7) is 5.31. The Hall–Kier alpha value is -3.33. The lowest BCUT2D eigenvalue weighted by Gasteiger charge is -2.15. The average molecular weight is 462 g/mol. The number of sulfonamides is 1. The first-order chi connectivity index (χ1) is 14.9. The van der Waals surface area contributed by atoms with E-state index in [-0.39, 0.29) is 10.5 Å². The van der Waals surface area contributed by atoms with Gasteiger partial charge in [-0.3, -0.25) is 9.52 Å². The van der Waals surface area contributed by atoms with Gasteiger partial charge in [0.1, 0.15) is 0 Å². The van der Waals surface area contributed by atoms with Crippen molar-refractivity contribution in [1.82, 2.24) is 0 Å². The van der Waals surface area contributed by atoms with Crippen LogP contribution in [0.3, 0.4) is 0 Å². The van der Waals surface area contributed by atoms with Gasteiger partial charge in [0.2, 0.25) is 0 Å². The Morgan fingerprint density at radius 1 is 0.844 bits per heavy atom. The first kappa shape index (κ1) is 23.3. The zero-order valence-electron chi connectivity index (χ0n) is 17.5. The minimum absolute atomic E-state index is 0.0898. The Kier molecular flexibility index (Phi) is 6.32. The molecule has 1 amide bonds. The molecule has 3 aromatic rings. The number of alkyl halides is 3. The number of aryl methyl sites for hydroxylation is 3. The fraction of sp³-hybridized carbons (Fsp3) is 0.174. The molecule has 9 heteroatoms. The Morgan fingerprint density at radius 3 is 2.16 bits per heavy atom. The molecule has 0 bridgehead atoms. The van der Waals surface area contributed by atoms with E-state index in [1.165, 1.54) is 24.3 Å². The summed E-state index contributed by atoms with van der Waals surface area (Å²) < 4.78 is 68.0. The molecular formula is C23H21F3N2O3S. The third kappa shape index (κ3) is 5.11. The Bertz CT molecular complexity index is 1290. The second kappa shape index (κ2) is 8.66.